The average molecular weight is 581 g/mol. The molecule has 3 aromatic rings. The number of ether oxygens (including phenoxy) is 5. The lowest BCUT2D eigenvalue weighted by atomic mass is 9.95. The largest absolute Gasteiger partial charge is 0.493 e. The topological polar surface area (TPSA) is 115 Å². The van der Waals surface area contributed by atoms with Crippen LogP contribution in [0, 0.1) is 5.92 Å². The minimum atomic E-state index is -0.862. The molecule has 41 heavy (non-hydrogen) atoms. The molecule has 1 atom stereocenters. The summed E-state index contributed by atoms with van der Waals surface area (Å²) in [5.41, 5.74) is 1.62. The fourth-order valence-electron chi connectivity index (χ4n) is 4.41. The fraction of sp³-hybridized carbons (Fsp3) is 0.333. The van der Waals surface area contributed by atoms with Crippen molar-refractivity contribution >= 4 is 29.4 Å². The predicted molar refractivity (Wildman–Crippen MR) is 153 cm³/mol. The number of thiazole rings is 1. The van der Waals surface area contributed by atoms with Crippen molar-refractivity contribution in [2.75, 3.05) is 27.9 Å². The first kappa shape index (κ1) is 29.6. The van der Waals surface area contributed by atoms with Crippen molar-refractivity contribution in [1.82, 2.24) is 4.57 Å². The van der Waals surface area contributed by atoms with E-state index in [1.807, 2.05) is 19.9 Å². The molecule has 2 aromatic carbocycles. The molecular formula is C30H32N2O8S. The van der Waals surface area contributed by atoms with Crippen molar-refractivity contribution in [2.24, 2.45) is 10.9 Å². The van der Waals surface area contributed by atoms with E-state index in [1.54, 1.807) is 57.6 Å². The number of carbonyl (C=O) groups is 2. The number of hydrogen-bond acceptors (Lipinski definition) is 10. The van der Waals surface area contributed by atoms with Gasteiger partial charge in [0, 0.05) is 6.92 Å². The summed E-state index contributed by atoms with van der Waals surface area (Å²) in [6.07, 6.45) is 1.74. The maximum Gasteiger partial charge on any atom is 0.338 e. The molecule has 10 nitrogen and oxygen atoms in total. The van der Waals surface area contributed by atoms with E-state index in [0.29, 0.717) is 32.1 Å². The standard InChI is InChI=1S/C30H32N2O8S/c1-16(2)15-39-29(35)26-17(3)31-30-32(27(26)20-9-11-22(40-18(4)33)24(14-20)38-7)28(34)25(41-30)13-19-8-10-21(36-5)23(12-19)37-6/h8-14,16,27H,15H2,1-7H3/b25-13+. The van der Waals surface area contributed by atoms with E-state index in [2.05, 4.69) is 4.99 Å². The Kier molecular flexibility index (Phi) is 8.97. The third-order valence-corrected chi connectivity index (χ3v) is 7.23. The van der Waals surface area contributed by atoms with Crippen LogP contribution >= 0.6 is 11.3 Å². The average Bonchev–Trinajstić information content (AvgIpc) is 3.24. The molecule has 0 aliphatic carbocycles. The molecule has 0 fully saturated rings. The SMILES string of the molecule is COc1ccc(/C=c2/sc3n(c2=O)C(c2ccc(OC(C)=O)c(OC)c2)C(C(=O)OCC(C)C)=C(C)N=3)cc1OC. The zero-order valence-electron chi connectivity index (χ0n) is 24.0. The highest BCUT2D eigenvalue weighted by molar-refractivity contribution is 7.07. The van der Waals surface area contributed by atoms with E-state index in [1.165, 1.54) is 29.9 Å². The third-order valence-electron chi connectivity index (χ3n) is 6.25. The van der Waals surface area contributed by atoms with Crippen molar-refractivity contribution in [3.63, 3.8) is 0 Å². The second-order valence-electron chi connectivity index (χ2n) is 9.69. The number of aromatic nitrogens is 1. The Morgan fingerprint density at radius 1 is 1.00 bits per heavy atom. The highest BCUT2D eigenvalue weighted by atomic mass is 32.1. The Balaban J connectivity index is 1.92. The molecule has 0 bridgehead atoms. The molecule has 1 aliphatic heterocycles. The van der Waals surface area contributed by atoms with Gasteiger partial charge in [-0.2, -0.15) is 0 Å². The number of rotatable bonds is 9. The number of nitrogens with zero attached hydrogens (tertiary/aromatic N) is 2. The highest BCUT2D eigenvalue weighted by Crippen LogP contribution is 2.36. The van der Waals surface area contributed by atoms with E-state index < -0.39 is 18.0 Å². The summed E-state index contributed by atoms with van der Waals surface area (Å²) >= 11 is 1.21. The molecule has 0 radical (unpaired) electrons. The van der Waals surface area contributed by atoms with Crippen LogP contribution in [0.5, 0.6) is 23.0 Å². The van der Waals surface area contributed by atoms with Gasteiger partial charge in [-0.15, -0.1) is 0 Å². The third kappa shape index (κ3) is 6.19. The first-order valence-electron chi connectivity index (χ1n) is 12.9. The highest BCUT2D eigenvalue weighted by Gasteiger charge is 2.34. The molecule has 4 rings (SSSR count). The monoisotopic (exact) mass is 580 g/mol. The van der Waals surface area contributed by atoms with Gasteiger partial charge in [0.15, 0.2) is 27.8 Å². The van der Waals surface area contributed by atoms with Crippen molar-refractivity contribution in [3.05, 3.63) is 78.5 Å². The number of allylic oxidation sites excluding steroid dienone is 1. The molecular weight excluding hydrogens is 548 g/mol. The molecule has 0 amide bonds. The van der Waals surface area contributed by atoms with Crippen molar-refractivity contribution in [3.8, 4) is 23.0 Å². The molecule has 0 saturated heterocycles. The zero-order chi connectivity index (χ0) is 29.8. The van der Waals surface area contributed by atoms with Gasteiger partial charge in [0.2, 0.25) is 0 Å². The first-order chi connectivity index (χ1) is 19.6. The Morgan fingerprint density at radius 3 is 2.29 bits per heavy atom. The van der Waals surface area contributed by atoms with Crippen LogP contribution in [0.4, 0.5) is 0 Å². The van der Waals surface area contributed by atoms with Crippen LogP contribution in [0.1, 0.15) is 44.9 Å². The van der Waals surface area contributed by atoms with Crippen LogP contribution in [-0.2, 0) is 14.3 Å². The van der Waals surface area contributed by atoms with Gasteiger partial charge in [-0.05, 0) is 54.3 Å². The van der Waals surface area contributed by atoms with E-state index in [0.717, 1.165) is 5.56 Å². The Labute approximate surface area is 241 Å². The Bertz CT molecular complexity index is 1700. The minimum absolute atomic E-state index is 0.115. The van der Waals surface area contributed by atoms with Crippen LogP contribution in [0.25, 0.3) is 6.08 Å². The van der Waals surface area contributed by atoms with E-state index in [9.17, 15) is 14.4 Å². The number of esters is 2. The van der Waals surface area contributed by atoms with Gasteiger partial charge in [0.25, 0.3) is 5.56 Å². The van der Waals surface area contributed by atoms with Crippen molar-refractivity contribution in [2.45, 2.75) is 33.7 Å². The second kappa shape index (κ2) is 12.4. The van der Waals surface area contributed by atoms with Gasteiger partial charge in [0.05, 0.1) is 49.8 Å². The van der Waals surface area contributed by atoms with Gasteiger partial charge in [-0.1, -0.05) is 37.3 Å². The van der Waals surface area contributed by atoms with Gasteiger partial charge in [-0.3, -0.25) is 14.2 Å². The van der Waals surface area contributed by atoms with Crippen LogP contribution in [0.3, 0.4) is 0 Å². The lowest BCUT2D eigenvalue weighted by Crippen LogP contribution is -2.40. The summed E-state index contributed by atoms with van der Waals surface area (Å²) in [6.45, 7) is 7.09. The molecule has 0 saturated carbocycles. The van der Waals surface area contributed by atoms with Crippen LogP contribution in [0.15, 0.2) is 57.5 Å². The minimum Gasteiger partial charge on any atom is -0.493 e. The van der Waals surface area contributed by atoms with Crippen LogP contribution in [-0.4, -0.2) is 44.4 Å². The second-order valence-corrected chi connectivity index (χ2v) is 10.7. The maximum atomic E-state index is 13.9. The summed E-state index contributed by atoms with van der Waals surface area (Å²) in [5.74, 6) is 0.624. The first-order valence-corrected chi connectivity index (χ1v) is 13.7. The molecule has 0 N–H and O–H groups in total. The number of hydrogen-bond donors (Lipinski definition) is 0. The number of methoxy groups -OCH3 is 3. The van der Waals surface area contributed by atoms with E-state index in [4.69, 9.17) is 23.7 Å². The lowest BCUT2D eigenvalue weighted by molar-refractivity contribution is -0.140. The predicted octanol–water partition coefficient (Wildman–Crippen LogP) is 3.39. The number of carbonyl (C=O) groups excluding carboxylic acids is 2. The summed E-state index contributed by atoms with van der Waals surface area (Å²) < 4.78 is 29.0. The molecule has 2 heterocycles. The maximum absolute atomic E-state index is 13.9. The van der Waals surface area contributed by atoms with Crippen LogP contribution < -0.4 is 33.8 Å². The number of benzene rings is 2. The van der Waals surface area contributed by atoms with Crippen LogP contribution in [0.2, 0.25) is 0 Å². The summed E-state index contributed by atoms with van der Waals surface area (Å²) in [4.78, 5) is 44.0. The molecule has 1 aromatic heterocycles. The summed E-state index contributed by atoms with van der Waals surface area (Å²) in [6, 6.07) is 9.38. The Morgan fingerprint density at radius 2 is 1.66 bits per heavy atom. The molecule has 11 heteroatoms. The zero-order valence-corrected chi connectivity index (χ0v) is 24.8. The molecule has 216 valence electrons. The van der Waals surface area contributed by atoms with Gasteiger partial charge in [0.1, 0.15) is 0 Å². The van der Waals surface area contributed by atoms with Crippen molar-refractivity contribution < 1.29 is 33.3 Å². The lowest BCUT2D eigenvalue weighted by Gasteiger charge is -2.25. The quantitative estimate of drug-likeness (QED) is 0.280. The fourth-order valence-corrected chi connectivity index (χ4v) is 5.45. The van der Waals surface area contributed by atoms with Gasteiger partial charge >= 0.3 is 11.9 Å². The Hall–Kier alpha value is -4.38. The van der Waals surface area contributed by atoms with E-state index in [-0.39, 0.29) is 35.2 Å². The number of fused-ring (bicyclic) bond motifs is 1. The molecule has 1 aliphatic rings. The smallest absolute Gasteiger partial charge is 0.338 e. The van der Waals surface area contributed by atoms with Gasteiger partial charge in [-0.25, -0.2) is 9.79 Å². The normalized spacial score (nSPS) is 14.8. The van der Waals surface area contributed by atoms with Gasteiger partial charge < -0.3 is 23.7 Å². The molecule has 0 spiro atoms. The molecule has 1 unspecified atom stereocenters. The van der Waals surface area contributed by atoms with E-state index >= 15 is 0 Å². The summed E-state index contributed by atoms with van der Waals surface area (Å²) in [5, 5.41) is 0. The summed E-state index contributed by atoms with van der Waals surface area (Å²) in [7, 11) is 4.54. The van der Waals surface area contributed by atoms with Crippen molar-refractivity contribution in [1.29, 1.82) is 0 Å².